The van der Waals surface area contributed by atoms with E-state index in [0.29, 0.717) is 23.9 Å². The Bertz CT molecular complexity index is 1560. The number of fused-ring (bicyclic) bond motifs is 1. The number of amides is 1. The van der Waals surface area contributed by atoms with Gasteiger partial charge in [0.1, 0.15) is 18.1 Å². The van der Waals surface area contributed by atoms with Gasteiger partial charge in [0.15, 0.2) is 0 Å². The van der Waals surface area contributed by atoms with Crippen LogP contribution < -0.4 is 4.74 Å². The Morgan fingerprint density at radius 2 is 1.74 bits per heavy atom. The summed E-state index contributed by atoms with van der Waals surface area (Å²) in [5, 5.41) is 8.33. The van der Waals surface area contributed by atoms with Gasteiger partial charge in [0.05, 0.1) is 18.1 Å². The normalized spacial score (nSPS) is 14.6. The van der Waals surface area contributed by atoms with Crippen molar-refractivity contribution in [1.29, 1.82) is 0 Å². The maximum Gasteiger partial charge on any atom is 0.273 e. The van der Waals surface area contributed by atoms with Crippen molar-refractivity contribution in [2.45, 2.75) is 32.5 Å². The molecular weight excluding hydrogens is 510 g/mol. The van der Waals surface area contributed by atoms with Crippen molar-refractivity contribution in [2.75, 3.05) is 6.54 Å². The lowest BCUT2D eigenvalue weighted by atomic mass is 9.95. The second-order valence-electron chi connectivity index (χ2n) is 9.77. The zero-order valence-electron chi connectivity index (χ0n) is 21.5. The molecule has 0 radical (unpaired) electrons. The highest BCUT2D eigenvalue weighted by molar-refractivity contribution is 6.30. The summed E-state index contributed by atoms with van der Waals surface area (Å²) in [6, 6.07) is 23.6. The fourth-order valence-electron chi connectivity index (χ4n) is 5.04. The van der Waals surface area contributed by atoms with E-state index in [4.69, 9.17) is 16.3 Å². The van der Waals surface area contributed by atoms with Crippen LogP contribution in [0, 0.1) is 6.92 Å². The summed E-state index contributed by atoms with van der Waals surface area (Å²) in [5.74, 6) is 0.727. The molecule has 1 N–H and O–H groups in total. The van der Waals surface area contributed by atoms with Crippen molar-refractivity contribution in [3.05, 3.63) is 124 Å². The Kier molecular flexibility index (Phi) is 6.90. The first kappa shape index (κ1) is 24.9. The number of H-pyrrole nitrogens is 1. The number of carbonyl (C=O) groups is 1. The molecule has 0 aliphatic carbocycles. The molecule has 7 nitrogen and oxygen atoms in total. The first-order valence-corrected chi connectivity index (χ1v) is 13.3. The third-order valence-electron chi connectivity index (χ3n) is 7.08. The van der Waals surface area contributed by atoms with E-state index in [-0.39, 0.29) is 11.9 Å². The second kappa shape index (κ2) is 10.8. The molecule has 8 heteroatoms. The fraction of sp³-hybridized carbons (Fsp3) is 0.194. The van der Waals surface area contributed by atoms with E-state index in [1.54, 1.807) is 12.5 Å². The van der Waals surface area contributed by atoms with E-state index in [1.807, 2.05) is 64.2 Å². The number of benzene rings is 3. The zero-order chi connectivity index (χ0) is 26.8. The van der Waals surface area contributed by atoms with Crippen LogP contribution in [0.5, 0.6) is 5.75 Å². The average molecular weight is 538 g/mol. The molecule has 1 atom stereocenters. The highest BCUT2D eigenvalue weighted by atomic mass is 35.5. The molecule has 39 heavy (non-hydrogen) atoms. The van der Waals surface area contributed by atoms with Crippen LogP contribution >= 0.6 is 11.6 Å². The van der Waals surface area contributed by atoms with Gasteiger partial charge in [-0.2, -0.15) is 5.10 Å². The van der Waals surface area contributed by atoms with Crippen molar-refractivity contribution in [1.82, 2.24) is 24.6 Å². The van der Waals surface area contributed by atoms with Crippen molar-refractivity contribution in [2.24, 2.45) is 0 Å². The Morgan fingerprint density at radius 3 is 2.46 bits per heavy atom. The standard InChI is InChI=1S/C31H28ClN5O2/c1-21-3-7-23(8-4-21)28-27-29(35-34-28)31(38)37(17-2-16-36-18-15-33-20-36)30(27)24-9-13-26(14-10-24)39-19-22-5-11-25(32)12-6-22/h3-15,18,20,30H,2,16-17,19H2,1H3,(H,34,35). The molecule has 6 rings (SSSR count). The highest BCUT2D eigenvalue weighted by Crippen LogP contribution is 2.43. The number of imidazole rings is 1. The van der Waals surface area contributed by atoms with Crippen LogP contribution in [0.25, 0.3) is 11.3 Å². The highest BCUT2D eigenvalue weighted by Gasteiger charge is 2.41. The third kappa shape index (κ3) is 5.18. The average Bonchev–Trinajstić information content (AvgIpc) is 3.68. The van der Waals surface area contributed by atoms with E-state index in [0.717, 1.165) is 46.7 Å². The van der Waals surface area contributed by atoms with Gasteiger partial charge in [-0.3, -0.25) is 9.89 Å². The van der Waals surface area contributed by atoms with Gasteiger partial charge in [-0.25, -0.2) is 4.98 Å². The smallest absolute Gasteiger partial charge is 0.273 e. The topological polar surface area (TPSA) is 76.0 Å². The summed E-state index contributed by atoms with van der Waals surface area (Å²) in [6.07, 6.45) is 6.31. The number of aromatic amines is 1. The molecule has 0 saturated carbocycles. The number of rotatable bonds is 9. The molecule has 0 spiro atoms. The lowest BCUT2D eigenvalue weighted by Gasteiger charge is -2.26. The van der Waals surface area contributed by atoms with E-state index in [9.17, 15) is 4.79 Å². The molecule has 1 aliphatic rings. The van der Waals surface area contributed by atoms with Gasteiger partial charge in [-0.1, -0.05) is 65.7 Å². The Balaban J connectivity index is 1.28. The van der Waals surface area contributed by atoms with E-state index in [1.165, 1.54) is 5.56 Å². The number of aromatic nitrogens is 4. The van der Waals surface area contributed by atoms with Crippen LogP contribution in [-0.4, -0.2) is 37.1 Å². The zero-order valence-corrected chi connectivity index (χ0v) is 22.3. The Morgan fingerprint density at radius 1 is 0.974 bits per heavy atom. The number of halogens is 1. The molecule has 1 aliphatic heterocycles. The number of ether oxygens (including phenoxy) is 1. The van der Waals surface area contributed by atoms with Gasteiger partial charge in [0, 0.05) is 41.6 Å². The molecule has 0 bridgehead atoms. The van der Waals surface area contributed by atoms with E-state index >= 15 is 0 Å². The first-order chi connectivity index (χ1) is 19.1. The first-order valence-electron chi connectivity index (χ1n) is 13.0. The lowest BCUT2D eigenvalue weighted by molar-refractivity contribution is 0.0739. The molecule has 1 amide bonds. The predicted molar refractivity (Wildman–Crippen MR) is 151 cm³/mol. The van der Waals surface area contributed by atoms with Crippen molar-refractivity contribution < 1.29 is 9.53 Å². The number of nitrogens with zero attached hydrogens (tertiary/aromatic N) is 4. The van der Waals surface area contributed by atoms with Gasteiger partial charge in [-0.15, -0.1) is 0 Å². The summed E-state index contributed by atoms with van der Waals surface area (Å²) in [5.41, 5.74) is 6.50. The van der Waals surface area contributed by atoms with Gasteiger partial charge in [0.2, 0.25) is 0 Å². The largest absolute Gasteiger partial charge is 0.489 e. The molecule has 0 fully saturated rings. The lowest BCUT2D eigenvalue weighted by Crippen LogP contribution is -2.31. The monoisotopic (exact) mass is 537 g/mol. The van der Waals surface area contributed by atoms with Gasteiger partial charge in [-0.05, 0) is 48.7 Å². The van der Waals surface area contributed by atoms with E-state index < -0.39 is 0 Å². The third-order valence-corrected chi connectivity index (χ3v) is 7.33. The van der Waals surface area contributed by atoms with Crippen molar-refractivity contribution in [3.8, 4) is 17.0 Å². The maximum atomic E-state index is 13.6. The van der Waals surface area contributed by atoms with Crippen LogP contribution in [0.3, 0.4) is 0 Å². The summed E-state index contributed by atoms with van der Waals surface area (Å²) in [4.78, 5) is 19.7. The SMILES string of the molecule is Cc1ccc(-c2n[nH]c3c2C(c2ccc(OCc4ccc(Cl)cc4)cc2)N(CCCn2ccnc2)C3=O)cc1. The minimum Gasteiger partial charge on any atom is -0.489 e. The molecule has 2 aromatic heterocycles. The maximum absolute atomic E-state index is 13.6. The Labute approximate surface area is 232 Å². The van der Waals surface area contributed by atoms with Crippen LogP contribution in [0.1, 0.15) is 45.2 Å². The van der Waals surface area contributed by atoms with Crippen LogP contribution in [0.4, 0.5) is 0 Å². The minimum atomic E-state index is -0.254. The van der Waals surface area contributed by atoms with Crippen LogP contribution in [-0.2, 0) is 13.2 Å². The number of aryl methyl sites for hydroxylation is 2. The summed E-state index contributed by atoms with van der Waals surface area (Å²) in [6.45, 7) is 3.89. The molecule has 5 aromatic rings. The minimum absolute atomic E-state index is 0.0328. The summed E-state index contributed by atoms with van der Waals surface area (Å²) in [7, 11) is 0. The second-order valence-corrected chi connectivity index (χ2v) is 10.2. The van der Waals surface area contributed by atoms with E-state index in [2.05, 4.69) is 46.4 Å². The predicted octanol–water partition coefficient (Wildman–Crippen LogP) is 6.45. The van der Waals surface area contributed by atoms with Crippen LogP contribution in [0.15, 0.2) is 91.5 Å². The van der Waals surface area contributed by atoms with Gasteiger partial charge < -0.3 is 14.2 Å². The summed E-state index contributed by atoms with van der Waals surface area (Å²) >= 11 is 5.99. The number of carbonyl (C=O) groups excluding carboxylic acids is 1. The molecule has 3 aromatic carbocycles. The van der Waals surface area contributed by atoms with Crippen LogP contribution in [0.2, 0.25) is 5.02 Å². The molecular formula is C31H28ClN5O2. The van der Waals surface area contributed by atoms with Gasteiger partial charge >= 0.3 is 0 Å². The molecule has 0 saturated heterocycles. The number of hydrogen-bond donors (Lipinski definition) is 1. The molecule has 3 heterocycles. The van der Waals surface area contributed by atoms with Gasteiger partial charge in [0.25, 0.3) is 5.91 Å². The fourth-order valence-corrected chi connectivity index (χ4v) is 5.17. The number of hydrogen-bond acceptors (Lipinski definition) is 4. The molecule has 196 valence electrons. The number of nitrogens with one attached hydrogen (secondary N) is 1. The summed E-state index contributed by atoms with van der Waals surface area (Å²) < 4.78 is 8.04. The van der Waals surface area contributed by atoms with Crippen molar-refractivity contribution >= 4 is 17.5 Å². The quantitative estimate of drug-likeness (QED) is 0.234. The Hall–Kier alpha value is -4.36. The molecule has 1 unspecified atom stereocenters. The van der Waals surface area contributed by atoms with Crippen molar-refractivity contribution in [3.63, 3.8) is 0 Å².